The molecular weight excluding hydrogens is 216 g/mol. The molecule has 0 amide bonds. The first-order chi connectivity index (χ1) is 7.54. The average Bonchev–Trinajstić information content (AvgIpc) is 2.25. The van der Waals surface area contributed by atoms with Gasteiger partial charge in [0, 0.05) is 12.8 Å². The van der Waals surface area contributed by atoms with Crippen molar-refractivity contribution in [3.8, 4) is 0 Å². The Kier molecular flexibility index (Phi) is 5.30. The van der Waals surface area contributed by atoms with Crippen LogP contribution in [0.5, 0.6) is 0 Å². The number of ether oxygens (including phenoxy) is 2. The van der Waals surface area contributed by atoms with E-state index in [2.05, 4.69) is 0 Å². The number of ketones is 1. The molecule has 0 aromatic rings. The molecule has 0 saturated carbocycles. The molecule has 16 heavy (non-hydrogen) atoms. The van der Waals surface area contributed by atoms with Crippen LogP contribution >= 0.6 is 0 Å². The highest BCUT2D eigenvalue weighted by Gasteiger charge is 2.34. The van der Waals surface area contributed by atoms with Gasteiger partial charge in [-0.3, -0.25) is 4.79 Å². The fourth-order valence-corrected chi connectivity index (χ4v) is 1.46. The van der Waals surface area contributed by atoms with Gasteiger partial charge in [0.2, 0.25) is 0 Å². The molecule has 94 valence electrons. The lowest BCUT2D eigenvalue weighted by Crippen LogP contribution is -2.47. The maximum Gasteiger partial charge on any atom is 0.183 e. The second kappa shape index (κ2) is 6.27. The zero-order chi connectivity index (χ0) is 12.1. The summed E-state index contributed by atoms with van der Waals surface area (Å²) in [4.78, 5) is 10.8. The van der Waals surface area contributed by atoms with E-state index in [1.807, 2.05) is 0 Å². The summed E-state index contributed by atoms with van der Waals surface area (Å²) in [6.07, 6.45) is -2.53. The average molecular weight is 234 g/mol. The molecule has 0 radical (unpaired) electrons. The fourth-order valence-electron chi connectivity index (χ4n) is 1.46. The normalized spacial score (nSPS) is 35.0. The predicted molar refractivity (Wildman–Crippen MR) is 53.6 cm³/mol. The predicted octanol–water partition coefficient (Wildman–Crippen LogP) is -1.19. The lowest BCUT2D eigenvalue weighted by Gasteiger charge is -2.35. The molecule has 2 unspecified atom stereocenters. The Bertz CT molecular complexity index is 231. The van der Waals surface area contributed by atoms with Gasteiger partial charge < -0.3 is 24.8 Å². The van der Waals surface area contributed by atoms with Crippen LogP contribution in [0.3, 0.4) is 0 Å². The molecule has 1 aliphatic rings. The van der Waals surface area contributed by atoms with Crippen LogP contribution < -0.4 is 0 Å². The molecule has 1 aliphatic heterocycles. The Morgan fingerprint density at radius 2 is 2.12 bits per heavy atom. The maximum absolute atomic E-state index is 10.8. The van der Waals surface area contributed by atoms with E-state index >= 15 is 0 Å². The molecule has 3 N–H and O–H groups in total. The van der Waals surface area contributed by atoms with E-state index in [4.69, 9.17) is 14.6 Å². The van der Waals surface area contributed by atoms with Gasteiger partial charge in [0.05, 0.1) is 18.8 Å². The van der Waals surface area contributed by atoms with Gasteiger partial charge in [0.15, 0.2) is 12.1 Å². The molecule has 1 fully saturated rings. The Balaban J connectivity index is 2.28. The van der Waals surface area contributed by atoms with Gasteiger partial charge in [0.1, 0.15) is 12.7 Å². The van der Waals surface area contributed by atoms with Gasteiger partial charge in [-0.2, -0.15) is 0 Å². The quantitative estimate of drug-likeness (QED) is 0.553. The lowest BCUT2D eigenvalue weighted by atomic mass is 10.0. The molecule has 6 heteroatoms. The summed E-state index contributed by atoms with van der Waals surface area (Å²) in [5.41, 5.74) is 0. The van der Waals surface area contributed by atoms with Gasteiger partial charge in [0.25, 0.3) is 0 Å². The van der Waals surface area contributed by atoms with Gasteiger partial charge in [-0.1, -0.05) is 0 Å². The van der Waals surface area contributed by atoms with Crippen molar-refractivity contribution >= 4 is 5.78 Å². The van der Waals surface area contributed by atoms with Gasteiger partial charge in [-0.05, 0) is 6.92 Å². The van der Waals surface area contributed by atoms with Gasteiger partial charge in [-0.15, -0.1) is 0 Å². The first-order valence-corrected chi connectivity index (χ1v) is 5.30. The molecule has 6 nitrogen and oxygen atoms in total. The number of aliphatic hydroxyl groups excluding tert-OH is 3. The number of rotatable bonds is 5. The third-order valence-electron chi connectivity index (χ3n) is 2.53. The molecule has 0 bridgehead atoms. The van der Waals surface area contributed by atoms with Crippen LogP contribution in [0.4, 0.5) is 0 Å². The highest BCUT2D eigenvalue weighted by molar-refractivity contribution is 5.79. The van der Waals surface area contributed by atoms with Crippen molar-refractivity contribution in [2.45, 2.75) is 44.4 Å². The zero-order valence-electron chi connectivity index (χ0n) is 9.20. The van der Waals surface area contributed by atoms with Gasteiger partial charge >= 0.3 is 0 Å². The number of Topliss-reactive ketones (excluding diaryl/α,β-unsaturated/α-hetero) is 1. The molecule has 4 atom stereocenters. The second-order valence-corrected chi connectivity index (χ2v) is 3.90. The van der Waals surface area contributed by atoms with Gasteiger partial charge in [-0.25, -0.2) is 0 Å². The molecule has 0 aromatic carbocycles. The highest BCUT2D eigenvalue weighted by Crippen LogP contribution is 2.20. The summed E-state index contributed by atoms with van der Waals surface area (Å²) in [5, 5.41) is 27.4. The van der Waals surface area contributed by atoms with E-state index in [0.717, 1.165) is 0 Å². The molecule has 1 rings (SSSR count). The van der Waals surface area contributed by atoms with E-state index in [0.29, 0.717) is 0 Å². The largest absolute Gasteiger partial charge is 0.390 e. The Morgan fingerprint density at radius 1 is 1.44 bits per heavy atom. The molecule has 1 heterocycles. The van der Waals surface area contributed by atoms with Crippen molar-refractivity contribution in [3.05, 3.63) is 0 Å². The van der Waals surface area contributed by atoms with Crippen molar-refractivity contribution in [1.29, 1.82) is 0 Å². The van der Waals surface area contributed by atoms with Crippen LogP contribution in [0, 0.1) is 0 Å². The first kappa shape index (κ1) is 13.5. The Labute approximate surface area is 93.8 Å². The topological polar surface area (TPSA) is 96.2 Å². The second-order valence-electron chi connectivity index (χ2n) is 3.90. The standard InChI is InChI=1S/C10H18O6/c1-6-8(13)4-9(14)10(16-6)15-3-2-7(12)5-11/h6,8-11,13-14H,2-5H2,1H3/t6?,8-,9?,10-/m1/s1. The van der Waals surface area contributed by atoms with Crippen LogP contribution in [0.1, 0.15) is 19.8 Å². The van der Waals surface area contributed by atoms with Crippen molar-refractivity contribution in [2.75, 3.05) is 13.2 Å². The lowest BCUT2D eigenvalue weighted by molar-refractivity contribution is -0.260. The van der Waals surface area contributed by atoms with E-state index in [1.165, 1.54) is 0 Å². The highest BCUT2D eigenvalue weighted by atomic mass is 16.7. The zero-order valence-corrected chi connectivity index (χ0v) is 9.20. The van der Waals surface area contributed by atoms with Crippen LogP contribution in [0.15, 0.2) is 0 Å². The fraction of sp³-hybridized carbons (Fsp3) is 0.900. The van der Waals surface area contributed by atoms with Crippen molar-refractivity contribution in [1.82, 2.24) is 0 Å². The summed E-state index contributed by atoms with van der Waals surface area (Å²) in [6.45, 7) is 1.27. The van der Waals surface area contributed by atoms with Crippen LogP contribution in [0.25, 0.3) is 0 Å². The van der Waals surface area contributed by atoms with E-state index in [9.17, 15) is 15.0 Å². The summed E-state index contributed by atoms with van der Waals surface area (Å²) < 4.78 is 10.4. The SMILES string of the molecule is CC1O[C@@H](OCCC(=O)CO)C(O)C[C@H]1O. The molecule has 0 spiro atoms. The number of carbonyl (C=O) groups excluding carboxylic acids is 1. The number of hydrogen-bond donors (Lipinski definition) is 3. The van der Waals surface area contributed by atoms with Crippen molar-refractivity contribution in [3.63, 3.8) is 0 Å². The first-order valence-electron chi connectivity index (χ1n) is 5.30. The number of carbonyl (C=O) groups is 1. The van der Waals surface area contributed by atoms with Crippen LogP contribution in [-0.2, 0) is 14.3 Å². The minimum atomic E-state index is -0.893. The Hall–Kier alpha value is -0.530. The summed E-state index contributed by atoms with van der Waals surface area (Å²) in [7, 11) is 0. The molecule has 0 aromatic heterocycles. The van der Waals surface area contributed by atoms with Crippen LogP contribution in [-0.4, -0.2) is 58.9 Å². The summed E-state index contributed by atoms with van der Waals surface area (Å²) in [5.74, 6) is -0.321. The third-order valence-corrected chi connectivity index (χ3v) is 2.53. The van der Waals surface area contributed by atoms with Crippen molar-refractivity contribution < 1.29 is 29.6 Å². The van der Waals surface area contributed by atoms with E-state index in [1.54, 1.807) is 6.92 Å². The third kappa shape index (κ3) is 3.80. The van der Waals surface area contributed by atoms with Crippen LogP contribution in [0.2, 0.25) is 0 Å². The smallest absolute Gasteiger partial charge is 0.183 e. The number of aliphatic hydroxyl groups is 3. The number of hydrogen-bond acceptors (Lipinski definition) is 6. The molecular formula is C10H18O6. The molecule has 0 aliphatic carbocycles. The summed E-state index contributed by atoms with van der Waals surface area (Å²) in [6, 6.07) is 0. The van der Waals surface area contributed by atoms with Crippen molar-refractivity contribution in [2.24, 2.45) is 0 Å². The minimum Gasteiger partial charge on any atom is -0.390 e. The van der Waals surface area contributed by atoms with E-state index in [-0.39, 0.29) is 25.2 Å². The minimum absolute atomic E-state index is 0.0833. The monoisotopic (exact) mass is 234 g/mol. The summed E-state index contributed by atoms with van der Waals surface area (Å²) >= 11 is 0. The Morgan fingerprint density at radius 3 is 2.75 bits per heavy atom. The van der Waals surface area contributed by atoms with E-state index < -0.39 is 31.2 Å². The molecule has 1 saturated heterocycles. The maximum atomic E-state index is 10.8.